The smallest absolute Gasteiger partial charge is 0.411 e. The number of hydrogen-bond donors (Lipinski definition) is 1. The van der Waals surface area contributed by atoms with Crippen LogP contribution in [-0.4, -0.2) is 25.9 Å². The molecule has 2 aromatic rings. The van der Waals surface area contributed by atoms with Gasteiger partial charge in [0.15, 0.2) is 0 Å². The molecule has 1 aromatic carbocycles. The number of hydrogen-bond acceptors (Lipinski definition) is 3. The van der Waals surface area contributed by atoms with Crippen molar-refractivity contribution in [3.63, 3.8) is 0 Å². The summed E-state index contributed by atoms with van der Waals surface area (Å²) in [6.07, 6.45) is -3.45. The van der Waals surface area contributed by atoms with Crippen molar-refractivity contribution in [1.82, 2.24) is 5.32 Å². The zero-order valence-corrected chi connectivity index (χ0v) is 11.7. The van der Waals surface area contributed by atoms with Crippen molar-refractivity contribution in [2.24, 2.45) is 0 Å². The van der Waals surface area contributed by atoms with Crippen LogP contribution in [0.15, 0.2) is 34.7 Å². The van der Waals surface area contributed by atoms with Gasteiger partial charge in [0.05, 0.1) is 12.6 Å². The lowest BCUT2D eigenvalue weighted by Gasteiger charge is -2.17. The van der Waals surface area contributed by atoms with Gasteiger partial charge in [0.1, 0.15) is 18.0 Å². The Kier molecular flexibility index (Phi) is 5.25. The van der Waals surface area contributed by atoms with E-state index in [0.29, 0.717) is 17.9 Å². The highest BCUT2D eigenvalue weighted by Crippen LogP contribution is 2.24. The van der Waals surface area contributed by atoms with Gasteiger partial charge in [-0.05, 0) is 25.1 Å². The van der Waals surface area contributed by atoms with E-state index in [4.69, 9.17) is 9.15 Å². The monoisotopic (exact) mass is 301 g/mol. The highest BCUT2D eigenvalue weighted by Gasteiger charge is 2.28. The van der Waals surface area contributed by atoms with Crippen molar-refractivity contribution in [2.75, 3.05) is 19.8 Å². The van der Waals surface area contributed by atoms with Gasteiger partial charge in [0.25, 0.3) is 0 Å². The van der Waals surface area contributed by atoms with Crippen LogP contribution in [0, 0.1) is 0 Å². The van der Waals surface area contributed by atoms with E-state index in [1.165, 1.54) is 0 Å². The second-order valence-corrected chi connectivity index (χ2v) is 4.82. The predicted octanol–water partition coefficient (Wildman–Crippen LogP) is 4.05. The fourth-order valence-electron chi connectivity index (χ4n) is 2.03. The second kappa shape index (κ2) is 6.95. The maximum absolute atomic E-state index is 12.2. The van der Waals surface area contributed by atoms with Gasteiger partial charge < -0.3 is 14.5 Å². The van der Waals surface area contributed by atoms with Crippen molar-refractivity contribution in [1.29, 1.82) is 0 Å². The molecule has 0 aliphatic carbocycles. The lowest BCUT2D eigenvalue weighted by atomic mass is 10.2. The van der Waals surface area contributed by atoms with Gasteiger partial charge in [-0.25, -0.2) is 0 Å². The molecule has 0 radical (unpaired) electrons. The van der Waals surface area contributed by atoms with Gasteiger partial charge in [-0.3, -0.25) is 0 Å². The standard InChI is InChI=1S/C15H18F3NO2/c1-2-7-19-12(9-20-10-15(16,17)18)14-8-11-5-3-4-6-13(11)21-14/h3-6,8,12,19H,2,7,9-10H2,1H3. The van der Waals surface area contributed by atoms with Crippen molar-refractivity contribution < 1.29 is 22.3 Å². The average Bonchev–Trinajstić information content (AvgIpc) is 2.85. The molecule has 1 N–H and O–H groups in total. The zero-order valence-electron chi connectivity index (χ0n) is 11.7. The molecule has 1 heterocycles. The molecule has 1 unspecified atom stereocenters. The molecular weight excluding hydrogens is 283 g/mol. The maximum atomic E-state index is 12.2. The van der Waals surface area contributed by atoms with E-state index in [1.54, 1.807) is 0 Å². The first kappa shape index (κ1) is 15.9. The molecule has 3 nitrogen and oxygen atoms in total. The molecular formula is C15H18F3NO2. The number of benzene rings is 1. The Morgan fingerprint density at radius 1 is 1.29 bits per heavy atom. The number of halogens is 3. The van der Waals surface area contributed by atoms with Gasteiger partial charge in [0, 0.05) is 5.39 Å². The third-order valence-electron chi connectivity index (χ3n) is 2.98. The van der Waals surface area contributed by atoms with E-state index in [1.807, 2.05) is 37.3 Å². The first-order valence-corrected chi connectivity index (χ1v) is 6.86. The maximum Gasteiger partial charge on any atom is 0.411 e. The molecule has 0 aliphatic heterocycles. The van der Waals surface area contributed by atoms with Crippen LogP contribution in [0.2, 0.25) is 0 Å². The lowest BCUT2D eigenvalue weighted by molar-refractivity contribution is -0.175. The minimum absolute atomic E-state index is 0.0840. The number of furan rings is 1. The molecule has 1 atom stereocenters. The molecule has 0 amide bonds. The minimum atomic E-state index is -4.32. The summed E-state index contributed by atoms with van der Waals surface area (Å²) in [5.41, 5.74) is 0.714. The van der Waals surface area contributed by atoms with Crippen molar-refractivity contribution in [2.45, 2.75) is 25.6 Å². The Bertz CT molecular complexity index is 532. The molecule has 1 aromatic heterocycles. The number of alkyl halides is 3. The van der Waals surface area contributed by atoms with Gasteiger partial charge in [-0.2, -0.15) is 13.2 Å². The van der Waals surface area contributed by atoms with Gasteiger partial charge in [-0.15, -0.1) is 0 Å². The molecule has 0 bridgehead atoms. The SMILES string of the molecule is CCCNC(COCC(F)(F)F)c1cc2ccccc2o1. The van der Waals surface area contributed by atoms with Crippen LogP contribution in [0.3, 0.4) is 0 Å². The number of fused-ring (bicyclic) bond motifs is 1. The van der Waals surface area contributed by atoms with E-state index in [0.717, 1.165) is 11.8 Å². The van der Waals surface area contributed by atoms with E-state index in [2.05, 4.69) is 5.32 Å². The molecule has 0 fully saturated rings. The molecule has 116 valence electrons. The summed E-state index contributed by atoms with van der Waals surface area (Å²) in [5.74, 6) is 0.590. The molecule has 6 heteroatoms. The predicted molar refractivity (Wildman–Crippen MR) is 74.1 cm³/mol. The third-order valence-corrected chi connectivity index (χ3v) is 2.98. The second-order valence-electron chi connectivity index (χ2n) is 4.82. The van der Waals surface area contributed by atoms with Crippen LogP contribution in [0.4, 0.5) is 13.2 Å². The van der Waals surface area contributed by atoms with Crippen LogP contribution >= 0.6 is 0 Å². The van der Waals surface area contributed by atoms with E-state index >= 15 is 0 Å². The summed E-state index contributed by atoms with van der Waals surface area (Å²) in [7, 11) is 0. The van der Waals surface area contributed by atoms with Crippen LogP contribution in [0.1, 0.15) is 25.1 Å². The Hall–Kier alpha value is -1.53. The molecule has 0 spiro atoms. The van der Waals surface area contributed by atoms with Crippen molar-refractivity contribution >= 4 is 11.0 Å². The van der Waals surface area contributed by atoms with Crippen LogP contribution in [0.25, 0.3) is 11.0 Å². The lowest BCUT2D eigenvalue weighted by Crippen LogP contribution is -2.28. The number of rotatable bonds is 7. The van der Waals surface area contributed by atoms with Gasteiger partial charge in [-0.1, -0.05) is 25.1 Å². The highest BCUT2D eigenvalue weighted by molar-refractivity contribution is 5.77. The normalized spacial score (nSPS) is 13.7. The highest BCUT2D eigenvalue weighted by atomic mass is 19.4. The fourth-order valence-corrected chi connectivity index (χ4v) is 2.03. The van der Waals surface area contributed by atoms with E-state index in [-0.39, 0.29) is 12.6 Å². The number of ether oxygens (including phenoxy) is 1. The Balaban J connectivity index is 2.07. The first-order chi connectivity index (χ1) is 9.99. The Morgan fingerprint density at radius 2 is 2.05 bits per heavy atom. The fraction of sp³-hybridized carbons (Fsp3) is 0.467. The number of nitrogens with one attached hydrogen (secondary N) is 1. The molecule has 0 saturated heterocycles. The summed E-state index contributed by atoms with van der Waals surface area (Å²) in [6, 6.07) is 8.90. The summed E-state index contributed by atoms with van der Waals surface area (Å²) in [4.78, 5) is 0. The largest absolute Gasteiger partial charge is 0.459 e. The average molecular weight is 301 g/mol. The summed E-state index contributed by atoms with van der Waals surface area (Å²) < 4.78 is 46.9. The van der Waals surface area contributed by atoms with Crippen LogP contribution in [-0.2, 0) is 4.74 Å². The summed E-state index contributed by atoms with van der Waals surface area (Å²) in [5, 5.41) is 4.07. The molecule has 2 rings (SSSR count). The summed E-state index contributed by atoms with van der Waals surface area (Å²) >= 11 is 0. The quantitative estimate of drug-likeness (QED) is 0.837. The molecule has 21 heavy (non-hydrogen) atoms. The molecule has 0 saturated carbocycles. The minimum Gasteiger partial charge on any atom is -0.459 e. The van der Waals surface area contributed by atoms with Crippen LogP contribution < -0.4 is 5.32 Å². The van der Waals surface area contributed by atoms with E-state index in [9.17, 15) is 13.2 Å². The summed E-state index contributed by atoms with van der Waals surface area (Å²) in [6.45, 7) is 1.33. The molecule has 0 aliphatic rings. The Labute approximate surface area is 121 Å². The van der Waals surface area contributed by atoms with Gasteiger partial charge in [0.2, 0.25) is 0 Å². The van der Waals surface area contributed by atoms with E-state index < -0.39 is 12.8 Å². The van der Waals surface area contributed by atoms with Crippen molar-refractivity contribution in [3.05, 3.63) is 36.1 Å². The zero-order chi connectivity index (χ0) is 15.3. The number of para-hydroxylation sites is 1. The Morgan fingerprint density at radius 3 is 2.71 bits per heavy atom. The third kappa shape index (κ3) is 4.75. The van der Waals surface area contributed by atoms with Gasteiger partial charge >= 0.3 is 6.18 Å². The van der Waals surface area contributed by atoms with Crippen molar-refractivity contribution in [3.8, 4) is 0 Å². The topological polar surface area (TPSA) is 34.4 Å². The van der Waals surface area contributed by atoms with Crippen LogP contribution in [0.5, 0.6) is 0 Å². The first-order valence-electron chi connectivity index (χ1n) is 6.86.